The number of carbonyl (C=O) groups excluding carboxylic acids is 4. The van der Waals surface area contributed by atoms with Crippen molar-refractivity contribution in [3.8, 4) is 191 Å². The van der Waals surface area contributed by atoms with Crippen LogP contribution in [0.3, 0.4) is 0 Å². The van der Waals surface area contributed by atoms with Crippen molar-refractivity contribution >= 4 is 49.8 Å². The number of aromatic carboxylic acids is 4. The minimum atomic E-state index is -1.08. The molecule has 0 spiro atoms. The number of pyridine rings is 10. The molecular weight excluding hydrogens is 1790 g/mol. The summed E-state index contributed by atoms with van der Waals surface area (Å²) in [7, 11) is 0. The Bertz CT molecular complexity index is 7300. The van der Waals surface area contributed by atoms with Gasteiger partial charge in [-0.25, -0.2) is 29.1 Å². The molecule has 4 N–H and O–H groups in total. The smallest absolute Gasteiger partial charge is 0.354 e. The minimum absolute atomic E-state index is 0.0237. The van der Waals surface area contributed by atoms with Crippen molar-refractivity contribution in [2.45, 2.75) is 27.7 Å². The molecular formula is C116H82N10O16. The number of carbonyl (C=O) groups is 8. The van der Waals surface area contributed by atoms with Crippen molar-refractivity contribution in [2.24, 2.45) is 0 Å². The second kappa shape index (κ2) is 44.6. The first-order chi connectivity index (χ1) is 69.0. The summed E-state index contributed by atoms with van der Waals surface area (Å²) < 4.78 is 19.4. The number of ether oxygens (including phenoxy) is 4. The van der Waals surface area contributed by atoms with Gasteiger partial charge in [0.25, 0.3) is 25.9 Å². The fraction of sp³-hybridized carbons (Fsp3) is 0.0345. The van der Waals surface area contributed by atoms with E-state index in [4.69, 9.17) is 44.1 Å². The van der Waals surface area contributed by atoms with Crippen LogP contribution in [0.15, 0.2) is 377 Å². The van der Waals surface area contributed by atoms with Gasteiger partial charge in [0, 0.05) is 93.4 Å². The van der Waals surface area contributed by atoms with Crippen molar-refractivity contribution in [1.82, 2.24) is 49.8 Å². The third kappa shape index (κ3) is 24.1. The normalized spacial score (nSPS) is 10.6. The van der Waals surface area contributed by atoms with Crippen molar-refractivity contribution in [3.05, 3.63) is 422 Å². The van der Waals surface area contributed by atoms with Crippen LogP contribution in [-0.2, 0) is 19.2 Å². The molecule has 0 bridgehead atoms. The zero-order valence-electron chi connectivity index (χ0n) is 76.3. The number of benzene rings is 9. The quantitative estimate of drug-likeness (QED) is 0.0347. The van der Waals surface area contributed by atoms with Gasteiger partial charge >= 0.3 is 23.9 Å². The number of nitrogens with zero attached hydrogens (tertiary/aromatic N) is 10. The summed E-state index contributed by atoms with van der Waals surface area (Å²) in [4.78, 5) is 132. The van der Waals surface area contributed by atoms with Crippen LogP contribution >= 0.6 is 0 Å². The lowest BCUT2D eigenvalue weighted by Crippen LogP contribution is -1.99. The lowest BCUT2D eigenvalue weighted by Gasteiger charge is -2.12. The fourth-order valence-electron chi connectivity index (χ4n) is 15.1. The van der Waals surface area contributed by atoms with Gasteiger partial charge in [0.1, 0.15) is 28.7 Å². The lowest BCUT2D eigenvalue weighted by molar-refractivity contribution is -0.121. The van der Waals surface area contributed by atoms with Crippen molar-refractivity contribution < 1.29 is 77.7 Å². The largest absolute Gasteiger partial charge is 0.478 e. The zero-order chi connectivity index (χ0) is 99.1. The second-order valence-corrected chi connectivity index (χ2v) is 32.4. The summed E-state index contributed by atoms with van der Waals surface area (Å²) in [5.41, 5.74) is 30.8. The molecule has 142 heavy (non-hydrogen) atoms. The molecule has 0 unspecified atom stereocenters. The molecule has 692 valence electrons. The third-order valence-corrected chi connectivity index (χ3v) is 22.6. The van der Waals surface area contributed by atoms with E-state index in [9.17, 15) is 48.6 Å². The van der Waals surface area contributed by atoms with Gasteiger partial charge in [-0.15, -0.1) is 0 Å². The van der Waals surface area contributed by atoms with Gasteiger partial charge in [0.15, 0.2) is 0 Å². The van der Waals surface area contributed by atoms with Crippen LogP contribution in [0, 0.1) is 27.7 Å². The molecule has 0 aliphatic carbocycles. The SMILES string of the molecule is Cc1ccc(-c2cc(-c3ccc(OC=O)cc3)cc(-c3ccc(C(=O)O)cc3)c2)cc1.Cc1ccc(-c2cc(-c3ccc(OC=O)cc3)cc(-c3ccc(C(=O)O)nc3)n2)cc1.Cc1ccc(-c2cc(-c3ccc(OC=O)cn3)cc(-c3ccc(C(=O)O)cn3)c2)nc1.Cc1ccc(-c2ccc(-c3cc(-c4ccc(-c5ccc(C(=O)O)cc5)nc4)cc(-c4ccc(-c5ccc(OC=O)cn5)nc4)c3)cn2)nc1. The molecule has 0 saturated carbocycles. The number of hydrogen-bond donors (Lipinski definition) is 4. The van der Waals surface area contributed by atoms with E-state index in [1.807, 2.05) is 197 Å². The minimum Gasteiger partial charge on any atom is -0.478 e. The predicted octanol–water partition coefficient (Wildman–Crippen LogP) is 23.9. The van der Waals surface area contributed by atoms with E-state index < -0.39 is 23.9 Å². The molecule has 26 heteroatoms. The van der Waals surface area contributed by atoms with Crippen LogP contribution in [0.5, 0.6) is 23.0 Å². The average molecular weight is 1870 g/mol. The summed E-state index contributed by atoms with van der Waals surface area (Å²) in [5, 5.41) is 36.7. The van der Waals surface area contributed by atoms with Gasteiger partial charge < -0.3 is 39.4 Å². The zero-order valence-corrected chi connectivity index (χ0v) is 76.3. The third-order valence-electron chi connectivity index (χ3n) is 22.6. The number of aryl methyl sites for hydroxylation is 4. The number of rotatable bonds is 27. The molecule has 0 radical (unpaired) electrons. The Balaban J connectivity index is 0.000000139. The topological polar surface area (TPSA) is 383 Å². The lowest BCUT2D eigenvalue weighted by atomic mass is 9.93. The Morgan fingerprint density at radius 1 is 0.190 bits per heavy atom. The summed E-state index contributed by atoms with van der Waals surface area (Å²) in [6.07, 6.45) is 14.9. The van der Waals surface area contributed by atoms with Crippen LogP contribution in [-0.4, -0.2) is 120 Å². The van der Waals surface area contributed by atoms with Crippen molar-refractivity contribution in [1.29, 1.82) is 0 Å². The molecule has 19 rings (SSSR count). The average Bonchev–Trinajstić information content (AvgIpc) is 0.801. The Morgan fingerprint density at radius 2 is 0.437 bits per heavy atom. The number of carboxylic acids is 4. The number of hydrogen-bond acceptors (Lipinski definition) is 22. The Morgan fingerprint density at radius 3 is 0.775 bits per heavy atom. The van der Waals surface area contributed by atoms with Gasteiger partial charge in [0.05, 0.1) is 86.0 Å². The van der Waals surface area contributed by atoms with Gasteiger partial charge in [-0.05, 0) is 294 Å². The van der Waals surface area contributed by atoms with Crippen LogP contribution in [0.25, 0.3) is 168 Å². The molecule has 10 aromatic heterocycles. The molecule has 9 aromatic carbocycles. The molecule has 0 aliphatic rings. The maximum Gasteiger partial charge on any atom is 0.354 e. The maximum absolute atomic E-state index is 11.3. The molecule has 0 saturated heterocycles. The molecule has 26 nitrogen and oxygen atoms in total. The highest BCUT2D eigenvalue weighted by Crippen LogP contribution is 2.40. The van der Waals surface area contributed by atoms with Crippen LogP contribution in [0.4, 0.5) is 0 Å². The summed E-state index contributed by atoms with van der Waals surface area (Å²) in [6, 6.07) is 99.7. The first kappa shape index (κ1) is 95.4. The summed E-state index contributed by atoms with van der Waals surface area (Å²) in [6.45, 7) is 9.57. The maximum atomic E-state index is 11.3. The van der Waals surface area contributed by atoms with Crippen LogP contribution in [0.2, 0.25) is 0 Å². The fourth-order valence-corrected chi connectivity index (χ4v) is 15.1. The first-order valence-corrected chi connectivity index (χ1v) is 44.0. The van der Waals surface area contributed by atoms with E-state index in [1.165, 1.54) is 42.5 Å². The monoisotopic (exact) mass is 1870 g/mol. The van der Waals surface area contributed by atoms with E-state index in [2.05, 4.69) is 102 Å². The van der Waals surface area contributed by atoms with Gasteiger partial charge in [-0.2, -0.15) is 0 Å². The van der Waals surface area contributed by atoms with Gasteiger partial charge in [0.2, 0.25) is 0 Å². The highest BCUT2D eigenvalue weighted by molar-refractivity contribution is 5.92. The van der Waals surface area contributed by atoms with Crippen LogP contribution in [0.1, 0.15) is 63.8 Å². The summed E-state index contributed by atoms with van der Waals surface area (Å²) >= 11 is 0. The van der Waals surface area contributed by atoms with Crippen molar-refractivity contribution in [2.75, 3.05) is 0 Å². The predicted molar refractivity (Wildman–Crippen MR) is 539 cm³/mol. The van der Waals surface area contributed by atoms with E-state index >= 15 is 0 Å². The number of carboxylic acid groups (broad SMARTS) is 4. The molecule has 10 heterocycles. The molecule has 0 fully saturated rings. The van der Waals surface area contributed by atoms with Crippen molar-refractivity contribution in [3.63, 3.8) is 0 Å². The van der Waals surface area contributed by atoms with E-state index in [0.717, 1.165) is 151 Å². The Labute approximate surface area is 813 Å². The molecule has 19 aromatic rings. The second-order valence-electron chi connectivity index (χ2n) is 32.4. The highest BCUT2D eigenvalue weighted by Gasteiger charge is 2.19. The first-order valence-electron chi connectivity index (χ1n) is 44.0. The molecule has 0 aliphatic heterocycles. The number of aromatic nitrogens is 10. The van der Waals surface area contributed by atoms with Gasteiger partial charge in [-0.3, -0.25) is 59.0 Å². The Hall–Kier alpha value is -19.8. The standard InChI is InChI=1S/C40H27N5O4.C27H20O4.C25H18N2O4.C24H17N3O4/c1-25-2-11-36(41-19-25)37-13-8-29(21-43-37)32-16-31(28-7-12-35(42-20-28)26-3-5-27(6-4-26)40(47)48)17-33(18-32)30-9-14-38(44-22-30)39-15-10-34(23-45-39)49-24-46;1-18-2-4-19(5-3-18)23-14-24(20-6-8-22(9-7-20)27(29)30)16-25(15-23)21-10-12-26(13-11-21)31-17-28;1-16-2-4-18(5-3-16)23-12-20(17-6-9-21(10-7-17)31-15-28)13-24(27-23)19-8-11-22(25(29)30)26-14-19;1-15-2-5-21(25-11-15)17-8-18(22-6-3-16(12-26-22)24(29)30)10-19(9-17)23-7-4-20(13-27-23)31-14-28/h2-24H,1H3,(H,47,48);2-17H,1H3,(H,29,30);2-15H,1H3,(H,29,30);2-14H,1H3,(H,29,30). The molecule has 0 amide bonds. The highest BCUT2D eigenvalue weighted by atomic mass is 16.5. The van der Waals surface area contributed by atoms with E-state index in [-0.39, 0.29) is 22.4 Å². The van der Waals surface area contributed by atoms with E-state index in [0.29, 0.717) is 82.9 Å². The van der Waals surface area contributed by atoms with Gasteiger partial charge in [-0.1, -0.05) is 139 Å². The van der Waals surface area contributed by atoms with E-state index in [1.54, 1.807) is 103 Å². The summed E-state index contributed by atoms with van der Waals surface area (Å²) in [5.74, 6) is -2.37. The Kier molecular flexibility index (Phi) is 30.0. The van der Waals surface area contributed by atoms with Crippen LogP contribution < -0.4 is 18.9 Å². The molecule has 0 atom stereocenters.